The zero-order valence-corrected chi connectivity index (χ0v) is 15.2. The first-order valence-corrected chi connectivity index (χ1v) is 9.79. The number of hydrogen-bond donors (Lipinski definition) is 3. The Labute approximate surface area is 146 Å². The van der Waals surface area contributed by atoms with Gasteiger partial charge in [-0.3, -0.25) is 4.79 Å². The van der Waals surface area contributed by atoms with Crippen molar-refractivity contribution in [3.8, 4) is 0 Å². The lowest BCUT2D eigenvalue weighted by Crippen LogP contribution is -2.34. The van der Waals surface area contributed by atoms with Crippen LogP contribution in [0.3, 0.4) is 0 Å². The van der Waals surface area contributed by atoms with Gasteiger partial charge in [0.2, 0.25) is 15.9 Å². The van der Waals surface area contributed by atoms with Crippen molar-refractivity contribution in [3.05, 3.63) is 46.7 Å². The lowest BCUT2D eigenvalue weighted by atomic mass is 9.90. The molecular weight excluding hydrogens is 346 g/mol. The van der Waals surface area contributed by atoms with Crippen molar-refractivity contribution in [2.75, 3.05) is 18.4 Å². The number of amides is 1. The van der Waals surface area contributed by atoms with Crippen LogP contribution >= 0.6 is 11.3 Å². The average Bonchev–Trinajstić information content (AvgIpc) is 3.08. The third-order valence-electron chi connectivity index (χ3n) is 3.54. The van der Waals surface area contributed by atoms with E-state index in [0.717, 1.165) is 4.88 Å². The number of sulfonamides is 1. The van der Waals surface area contributed by atoms with Gasteiger partial charge in [-0.25, -0.2) is 13.1 Å². The molecule has 6 nitrogen and oxygen atoms in total. The maximum Gasteiger partial charge on any atom is 0.240 e. The summed E-state index contributed by atoms with van der Waals surface area (Å²) in [7, 11) is -3.64. The summed E-state index contributed by atoms with van der Waals surface area (Å²) in [6.45, 7) is 4.03. The molecule has 24 heavy (non-hydrogen) atoms. The van der Waals surface area contributed by atoms with Crippen LogP contribution in [-0.2, 0) is 20.2 Å². The molecule has 0 unspecified atom stereocenters. The van der Waals surface area contributed by atoms with E-state index in [9.17, 15) is 13.2 Å². The van der Waals surface area contributed by atoms with Gasteiger partial charge in [0.25, 0.3) is 0 Å². The highest BCUT2D eigenvalue weighted by atomic mass is 32.2. The predicted octanol–water partition coefficient (Wildman–Crippen LogP) is 1.90. The fraction of sp³-hybridized carbons (Fsp3) is 0.312. The Bertz CT molecular complexity index is 800. The van der Waals surface area contributed by atoms with Gasteiger partial charge >= 0.3 is 0 Å². The van der Waals surface area contributed by atoms with E-state index < -0.39 is 15.4 Å². The number of nitrogens with one attached hydrogen (secondary N) is 2. The minimum atomic E-state index is -3.64. The van der Waals surface area contributed by atoms with Crippen molar-refractivity contribution in [1.29, 1.82) is 0 Å². The molecule has 1 aromatic heterocycles. The van der Waals surface area contributed by atoms with Gasteiger partial charge in [0.05, 0.1) is 10.3 Å². The van der Waals surface area contributed by atoms with Crippen LogP contribution in [0.1, 0.15) is 18.7 Å². The zero-order chi connectivity index (χ0) is 17.8. The third kappa shape index (κ3) is 4.21. The van der Waals surface area contributed by atoms with Gasteiger partial charge in [-0.2, -0.15) is 0 Å². The summed E-state index contributed by atoms with van der Waals surface area (Å²) < 4.78 is 26.7. The van der Waals surface area contributed by atoms with Crippen molar-refractivity contribution in [2.24, 2.45) is 5.73 Å². The Hall–Kier alpha value is -1.74. The van der Waals surface area contributed by atoms with Crippen LogP contribution < -0.4 is 15.8 Å². The lowest BCUT2D eigenvalue weighted by Gasteiger charge is -2.22. The van der Waals surface area contributed by atoms with Crippen LogP contribution in [0.25, 0.3) is 0 Å². The zero-order valence-electron chi connectivity index (χ0n) is 13.6. The molecule has 130 valence electrons. The molecule has 0 bridgehead atoms. The number of benzene rings is 1. The predicted molar refractivity (Wildman–Crippen MR) is 96.7 cm³/mol. The summed E-state index contributed by atoms with van der Waals surface area (Å²) in [5.41, 5.74) is 5.04. The van der Waals surface area contributed by atoms with E-state index in [1.807, 2.05) is 31.4 Å². The molecule has 0 saturated carbocycles. The average molecular weight is 367 g/mol. The molecular formula is C16H21N3O3S2. The van der Waals surface area contributed by atoms with Gasteiger partial charge in [-0.1, -0.05) is 12.1 Å². The highest BCUT2D eigenvalue weighted by Gasteiger charge is 2.31. The summed E-state index contributed by atoms with van der Waals surface area (Å²) >= 11 is 1.51. The fourth-order valence-electron chi connectivity index (χ4n) is 2.05. The number of hydrogen-bond acceptors (Lipinski definition) is 5. The molecule has 0 saturated heterocycles. The highest BCUT2D eigenvalue weighted by Crippen LogP contribution is 2.29. The van der Waals surface area contributed by atoms with E-state index in [1.54, 1.807) is 12.1 Å². The number of nitrogens with two attached hydrogens (primary N) is 1. The van der Waals surface area contributed by atoms with Crippen LogP contribution in [0.5, 0.6) is 0 Å². The molecule has 0 atom stereocenters. The van der Waals surface area contributed by atoms with Crippen molar-refractivity contribution >= 4 is 33.0 Å². The maximum absolute atomic E-state index is 12.6. The Morgan fingerprint density at radius 3 is 2.62 bits per heavy atom. The smallest absolute Gasteiger partial charge is 0.240 e. The topological polar surface area (TPSA) is 101 Å². The molecule has 2 aromatic rings. The number of thiophene rings is 1. The van der Waals surface area contributed by atoms with Gasteiger partial charge in [0, 0.05) is 23.7 Å². The molecule has 8 heteroatoms. The third-order valence-corrected chi connectivity index (χ3v) is 6.20. The Morgan fingerprint density at radius 2 is 2.00 bits per heavy atom. The minimum absolute atomic E-state index is 0.0858. The first kappa shape index (κ1) is 18.6. The van der Waals surface area contributed by atoms with Gasteiger partial charge in [0.15, 0.2) is 0 Å². The minimum Gasteiger partial charge on any atom is -0.329 e. The van der Waals surface area contributed by atoms with Crippen molar-refractivity contribution in [1.82, 2.24) is 4.72 Å². The molecule has 0 aliphatic rings. The Kier molecular flexibility index (Phi) is 5.76. The molecule has 0 aliphatic carbocycles. The Balaban J connectivity index is 2.19. The van der Waals surface area contributed by atoms with Crippen LogP contribution in [0.4, 0.5) is 5.69 Å². The molecule has 1 aromatic carbocycles. The molecule has 0 fully saturated rings. The largest absolute Gasteiger partial charge is 0.329 e. The normalized spacial score (nSPS) is 12.1. The molecule has 2 rings (SSSR count). The maximum atomic E-state index is 12.6. The molecule has 4 N–H and O–H groups in total. The molecule has 1 heterocycles. The summed E-state index contributed by atoms with van der Waals surface area (Å²) in [5.74, 6) is -0.200. The monoisotopic (exact) mass is 367 g/mol. The molecule has 0 spiro atoms. The van der Waals surface area contributed by atoms with Crippen LogP contribution in [0.15, 0.2) is 46.7 Å². The summed E-state index contributed by atoms with van der Waals surface area (Å²) in [6, 6.07) is 9.95. The second-order valence-electron chi connectivity index (χ2n) is 5.77. The van der Waals surface area contributed by atoms with Crippen molar-refractivity contribution in [2.45, 2.75) is 24.2 Å². The van der Waals surface area contributed by atoms with Crippen LogP contribution in [-0.4, -0.2) is 27.4 Å². The van der Waals surface area contributed by atoms with E-state index in [1.165, 1.54) is 23.5 Å². The molecule has 0 aliphatic heterocycles. The van der Waals surface area contributed by atoms with Gasteiger partial charge in [0.1, 0.15) is 0 Å². The van der Waals surface area contributed by atoms with E-state index in [-0.39, 0.29) is 23.9 Å². The molecule has 0 radical (unpaired) electrons. The summed E-state index contributed by atoms with van der Waals surface area (Å²) in [6.07, 6.45) is 0. The van der Waals surface area contributed by atoms with Gasteiger partial charge < -0.3 is 11.1 Å². The second-order valence-corrected chi connectivity index (χ2v) is 8.49. The van der Waals surface area contributed by atoms with Crippen molar-refractivity contribution in [3.63, 3.8) is 0 Å². The highest BCUT2D eigenvalue weighted by molar-refractivity contribution is 7.89. The van der Waals surface area contributed by atoms with Crippen molar-refractivity contribution < 1.29 is 13.2 Å². The first-order valence-electron chi connectivity index (χ1n) is 7.42. The van der Waals surface area contributed by atoms with E-state index in [4.69, 9.17) is 5.73 Å². The van der Waals surface area contributed by atoms with E-state index >= 15 is 0 Å². The summed E-state index contributed by atoms with van der Waals surface area (Å²) in [4.78, 5) is 13.6. The summed E-state index contributed by atoms with van der Waals surface area (Å²) in [5, 5.41) is 4.71. The molecule has 1 amide bonds. The number of rotatable bonds is 7. The van der Waals surface area contributed by atoms with E-state index in [0.29, 0.717) is 5.69 Å². The quantitative estimate of drug-likeness (QED) is 0.696. The van der Waals surface area contributed by atoms with Crippen LogP contribution in [0.2, 0.25) is 0 Å². The second kappa shape index (κ2) is 7.43. The Morgan fingerprint density at radius 1 is 1.25 bits per heavy atom. The SMILES string of the molecule is CC(C)(C(=O)Nc1cccc(S(=O)(=O)NCCN)c1)c1cccs1. The van der Waals surface area contributed by atoms with Crippen LogP contribution in [0, 0.1) is 0 Å². The van der Waals surface area contributed by atoms with E-state index in [2.05, 4.69) is 10.0 Å². The van der Waals surface area contributed by atoms with Gasteiger partial charge in [-0.15, -0.1) is 11.3 Å². The fourth-order valence-corrected chi connectivity index (χ4v) is 3.99. The number of anilines is 1. The number of carbonyl (C=O) groups excluding carboxylic acids is 1. The first-order chi connectivity index (χ1) is 11.3. The number of carbonyl (C=O) groups is 1. The van der Waals surface area contributed by atoms with Gasteiger partial charge in [-0.05, 0) is 43.5 Å². The lowest BCUT2D eigenvalue weighted by molar-refractivity contribution is -0.120. The standard InChI is InChI=1S/C16H21N3O3S2/c1-16(2,14-7-4-10-23-14)15(20)19-12-5-3-6-13(11-12)24(21,22)18-9-8-17/h3-7,10-11,18H,8-9,17H2,1-2H3,(H,19,20).